The first-order valence-corrected chi connectivity index (χ1v) is 8.85. The summed E-state index contributed by atoms with van der Waals surface area (Å²) in [6.45, 7) is 4.75. The molecule has 0 aliphatic heterocycles. The summed E-state index contributed by atoms with van der Waals surface area (Å²) >= 11 is 5.45. The zero-order valence-corrected chi connectivity index (χ0v) is 11.2. The molecule has 0 atom stereocenters. The fourth-order valence-electron chi connectivity index (χ4n) is 1.31. The summed E-state index contributed by atoms with van der Waals surface area (Å²) in [5.74, 6) is 0. The van der Waals surface area contributed by atoms with E-state index in [2.05, 4.69) is 53.3 Å². The Hall–Kier alpha value is -0.123. The molecule has 0 fully saturated rings. The summed E-state index contributed by atoms with van der Waals surface area (Å²) in [5, 5.41) is 1.39. The molecule has 3 heteroatoms. The van der Waals surface area contributed by atoms with E-state index in [1.54, 1.807) is 4.50 Å². The summed E-state index contributed by atoms with van der Waals surface area (Å²) in [6.07, 6.45) is 0. The molecule has 1 heterocycles. The number of thiophene rings is 1. The zero-order valence-electron chi connectivity index (χ0n) is 7.67. The Bertz CT molecular complexity index is 433. The van der Waals surface area contributed by atoms with Crippen LogP contribution in [0.3, 0.4) is 0 Å². The first-order chi connectivity index (χ1) is 6.16. The van der Waals surface area contributed by atoms with Crippen LogP contribution in [0.1, 0.15) is 0 Å². The summed E-state index contributed by atoms with van der Waals surface area (Å²) in [4.78, 5) is 0. The number of hydrogen-bond donors (Lipinski definition) is 0. The highest BCUT2D eigenvalue weighted by Gasteiger charge is 2.05. The minimum absolute atomic E-state index is 0.616. The highest BCUT2D eigenvalue weighted by molar-refractivity contribution is 9.10. The predicted octanol–water partition coefficient (Wildman–Crippen LogP) is 3.36. The molecule has 0 aliphatic rings. The Kier molecular flexibility index (Phi) is 2.58. The van der Waals surface area contributed by atoms with E-state index in [-0.39, 0.29) is 0 Å². The van der Waals surface area contributed by atoms with Gasteiger partial charge in [-0.05, 0) is 28.1 Å². The van der Waals surface area contributed by atoms with Crippen LogP contribution in [0.5, 0.6) is 0 Å². The van der Waals surface area contributed by atoms with Gasteiger partial charge in [0, 0.05) is 9.17 Å². The van der Waals surface area contributed by atoms with Gasteiger partial charge in [0.1, 0.15) is 0 Å². The van der Waals surface area contributed by atoms with Crippen LogP contribution in [0.25, 0.3) is 10.1 Å². The number of benzene rings is 1. The van der Waals surface area contributed by atoms with Crippen molar-refractivity contribution in [2.75, 3.05) is 0 Å². The largest absolute Gasteiger partial charge is 0.145 e. The highest BCUT2D eigenvalue weighted by Crippen LogP contribution is 2.23. The SMILES string of the molecule is C[SiH](C)c1cc2ccc(Br)cc2s1. The second-order valence-electron chi connectivity index (χ2n) is 3.49. The van der Waals surface area contributed by atoms with Crippen molar-refractivity contribution < 1.29 is 0 Å². The summed E-state index contributed by atoms with van der Waals surface area (Å²) in [6, 6.07) is 8.86. The fraction of sp³-hybridized carbons (Fsp3) is 0.200. The third-order valence-electron chi connectivity index (χ3n) is 2.07. The van der Waals surface area contributed by atoms with Crippen LogP contribution in [0.4, 0.5) is 0 Å². The van der Waals surface area contributed by atoms with E-state index >= 15 is 0 Å². The van der Waals surface area contributed by atoms with Gasteiger partial charge >= 0.3 is 0 Å². The molecule has 2 aromatic rings. The van der Waals surface area contributed by atoms with Gasteiger partial charge in [-0.25, -0.2) is 0 Å². The minimum Gasteiger partial charge on any atom is -0.145 e. The standard InChI is InChI=1S/C10H11BrSSi/c1-13(2)10-5-7-3-4-8(11)6-9(7)12-10/h3-6,13H,1-2H3. The molecule has 0 bridgehead atoms. The molecule has 68 valence electrons. The predicted molar refractivity (Wildman–Crippen MR) is 68.0 cm³/mol. The summed E-state index contributed by atoms with van der Waals surface area (Å²) < 4.78 is 4.19. The quantitative estimate of drug-likeness (QED) is 0.698. The molecule has 2 rings (SSSR count). The Morgan fingerprint density at radius 2 is 2.00 bits per heavy atom. The van der Waals surface area contributed by atoms with Crippen LogP contribution in [-0.4, -0.2) is 8.80 Å². The number of hydrogen-bond acceptors (Lipinski definition) is 1. The van der Waals surface area contributed by atoms with Crippen LogP contribution in [0, 0.1) is 0 Å². The summed E-state index contributed by atoms with van der Waals surface area (Å²) in [5.41, 5.74) is 0. The van der Waals surface area contributed by atoms with Crippen LogP contribution >= 0.6 is 27.3 Å². The molecule has 0 aliphatic carbocycles. The first kappa shape index (κ1) is 9.43. The molecule has 0 saturated carbocycles. The van der Waals surface area contributed by atoms with Gasteiger partial charge in [-0.15, -0.1) is 11.3 Å². The van der Waals surface area contributed by atoms with E-state index in [0.29, 0.717) is 0 Å². The fourth-order valence-corrected chi connectivity index (χ4v) is 4.53. The first-order valence-electron chi connectivity index (χ1n) is 4.36. The molecule has 1 aromatic heterocycles. The van der Waals surface area contributed by atoms with Crippen molar-refractivity contribution >= 4 is 50.7 Å². The molecule has 0 radical (unpaired) electrons. The molecule has 0 amide bonds. The normalized spacial score (nSPS) is 11.4. The van der Waals surface area contributed by atoms with Gasteiger partial charge in [0.25, 0.3) is 0 Å². The van der Waals surface area contributed by atoms with Crippen molar-refractivity contribution in [3.63, 3.8) is 0 Å². The third kappa shape index (κ3) is 1.87. The lowest BCUT2D eigenvalue weighted by atomic mass is 10.3. The highest BCUT2D eigenvalue weighted by atomic mass is 79.9. The van der Waals surface area contributed by atoms with Crippen molar-refractivity contribution in [2.24, 2.45) is 0 Å². The molecule has 0 unspecified atom stereocenters. The lowest BCUT2D eigenvalue weighted by Crippen LogP contribution is -2.17. The van der Waals surface area contributed by atoms with Crippen LogP contribution in [-0.2, 0) is 0 Å². The van der Waals surface area contributed by atoms with Crippen molar-refractivity contribution in [1.29, 1.82) is 0 Å². The van der Waals surface area contributed by atoms with Gasteiger partial charge in [0.05, 0.1) is 8.80 Å². The average molecular weight is 271 g/mol. The molecule has 0 nitrogen and oxygen atoms in total. The third-order valence-corrected chi connectivity index (χ3v) is 6.56. The summed E-state index contributed by atoms with van der Waals surface area (Å²) in [7, 11) is -0.616. The molecule has 13 heavy (non-hydrogen) atoms. The smallest absolute Gasteiger partial charge is 0.0776 e. The van der Waals surface area contributed by atoms with E-state index in [0.717, 1.165) is 0 Å². The van der Waals surface area contributed by atoms with Gasteiger partial charge in [-0.3, -0.25) is 0 Å². The minimum atomic E-state index is -0.616. The van der Waals surface area contributed by atoms with Crippen molar-refractivity contribution in [3.05, 3.63) is 28.7 Å². The maximum atomic E-state index is 3.50. The molecular formula is C10H11BrSSi. The Balaban J connectivity index is 2.62. The van der Waals surface area contributed by atoms with Gasteiger partial charge in [0.15, 0.2) is 0 Å². The number of halogens is 1. The maximum Gasteiger partial charge on any atom is 0.0776 e. The van der Waals surface area contributed by atoms with Crippen LogP contribution in [0.2, 0.25) is 13.1 Å². The molecule has 0 N–H and O–H groups in total. The molecule has 1 aromatic carbocycles. The second kappa shape index (κ2) is 3.56. The van der Waals surface area contributed by atoms with Crippen molar-refractivity contribution in [3.8, 4) is 0 Å². The Morgan fingerprint density at radius 1 is 1.23 bits per heavy atom. The van der Waals surface area contributed by atoms with Gasteiger partial charge < -0.3 is 0 Å². The second-order valence-corrected chi connectivity index (χ2v) is 8.87. The number of rotatable bonds is 1. The van der Waals surface area contributed by atoms with Crippen LogP contribution in [0.15, 0.2) is 28.7 Å². The number of fused-ring (bicyclic) bond motifs is 1. The maximum absolute atomic E-state index is 3.50. The van der Waals surface area contributed by atoms with E-state index in [4.69, 9.17) is 0 Å². The lowest BCUT2D eigenvalue weighted by molar-refractivity contribution is 1.77. The van der Waals surface area contributed by atoms with Crippen LogP contribution < -0.4 is 4.50 Å². The monoisotopic (exact) mass is 270 g/mol. The molecule has 0 spiro atoms. The van der Waals surface area contributed by atoms with E-state index in [9.17, 15) is 0 Å². The van der Waals surface area contributed by atoms with E-state index < -0.39 is 8.80 Å². The van der Waals surface area contributed by atoms with E-state index in [1.165, 1.54) is 14.6 Å². The molecular weight excluding hydrogens is 260 g/mol. The average Bonchev–Trinajstić information content (AvgIpc) is 2.46. The van der Waals surface area contributed by atoms with Crippen molar-refractivity contribution in [2.45, 2.75) is 13.1 Å². The lowest BCUT2D eigenvalue weighted by Gasteiger charge is -1.93. The van der Waals surface area contributed by atoms with Gasteiger partial charge in [-0.1, -0.05) is 35.1 Å². The molecule has 0 saturated heterocycles. The topological polar surface area (TPSA) is 0 Å². The Labute approximate surface area is 92.3 Å². The van der Waals surface area contributed by atoms with Gasteiger partial charge in [-0.2, -0.15) is 0 Å². The van der Waals surface area contributed by atoms with E-state index in [1.807, 2.05) is 11.3 Å². The van der Waals surface area contributed by atoms with Gasteiger partial charge in [0.2, 0.25) is 0 Å². The zero-order chi connectivity index (χ0) is 9.42. The Morgan fingerprint density at radius 3 is 2.69 bits per heavy atom. The van der Waals surface area contributed by atoms with Crippen molar-refractivity contribution in [1.82, 2.24) is 0 Å².